The predicted octanol–water partition coefficient (Wildman–Crippen LogP) is 3.64. The first-order valence-electron chi connectivity index (χ1n) is 7.17. The van der Waals surface area contributed by atoms with E-state index in [0.29, 0.717) is 23.5 Å². The van der Waals surface area contributed by atoms with E-state index < -0.39 is 11.8 Å². The van der Waals surface area contributed by atoms with E-state index in [1.165, 1.54) is 6.21 Å². The molecule has 0 saturated carbocycles. The van der Waals surface area contributed by atoms with Crippen molar-refractivity contribution in [2.45, 2.75) is 0 Å². The highest BCUT2D eigenvalue weighted by molar-refractivity contribution is 9.10. The molecule has 0 bridgehead atoms. The Bertz CT molecular complexity index is 826. The van der Waals surface area contributed by atoms with Crippen molar-refractivity contribution in [3.05, 3.63) is 76.3 Å². The van der Waals surface area contributed by atoms with Gasteiger partial charge in [0.2, 0.25) is 0 Å². The highest BCUT2D eigenvalue weighted by Gasteiger charge is 2.35. The molecule has 1 aliphatic rings. The summed E-state index contributed by atoms with van der Waals surface area (Å²) in [6.45, 7) is 4.00. The van der Waals surface area contributed by atoms with Crippen molar-refractivity contribution < 1.29 is 14.3 Å². The zero-order chi connectivity index (χ0) is 17.1. The van der Waals surface area contributed by atoms with Crippen molar-refractivity contribution in [1.82, 2.24) is 5.01 Å². The molecule has 2 amide bonds. The molecule has 2 aromatic carbocycles. The molecule has 0 radical (unpaired) electrons. The molecular formula is C18H13BrN2O3. The highest BCUT2D eigenvalue weighted by atomic mass is 79.9. The number of imide groups is 1. The maximum Gasteiger partial charge on any atom is 0.282 e. The average Bonchev–Trinajstić information content (AvgIpc) is 2.84. The van der Waals surface area contributed by atoms with Crippen molar-refractivity contribution in [3.8, 4) is 5.75 Å². The fourth-order valence-corrected chi connectivity index (χ4v) is 2.78. The molecule has 120 valence electrons. The lowest BCUT2D eigenvalue weighted by Crippen LogP contribution is -2.23. The number of hydrogen-bond acceptors (Lipinski definition) is 4. The van der Waals surface area contributed by atoms with Crippen LogP contribution in [-0.2, 0) is 0 Å². The van der Waals surface area contributed by atoms with E-state index in [0.717, 1.165) is 15.0 Å². The summed E-state index contributed by atoms with van der Waals surface area (Å²) < 4.78 is 6.21. The Balaban J connectivity index is 1.80. The third kappa shape index (κ3) is 3.00. The molecule has 3 rings (SSSR count). The van der Waals surface area contributed by atoms with E-state index in [1.807, 2.05) is 0 Å². The number of ether oxygens (including phenoxy) is 1. The van der Waals surface area contributed by atoms with Gasteiger partial charge in [0.05, 0.1) is 21.8 Å². The number of benzene rings is 2. The van der Waals surface area contributed by atoms with E-state index in [2.05, 4.69) is 27.6 Å². The van der Waals surface area contributed by atoms with Crippen molar-refractivity contribution in [2.75, 3.05) is 6.61 Å². The van der Waals surface area contributed by atoms with Crippen LogP contribution in [0.4, 0.5) is 0 Å². The molecule has 0 unspecified atom stereocenters. The van der Waals surface area contributed by atoms with Gasteiger partial charge in [-0.15, -0.1) is 0 Å². The lowest BCUT2D eigenvalue weighted by Gasteiger charge is -2.07. The Morgan fingerprint density at radius 1 is 1.12 bits per heavy atom. The largest absolute Gasteiger partial charge is 0.488 e. The molecular weight excluding hydrogens is 372 g/mol. The van der Waals surface area contributed by atoms with Crippen LogP contribution in [0.1, 0.15) is 26.3 Å². The van der Waals surface area contributed by atoms with Crippen LogP contribution in [0.2, 0.25) is 0 Å². The number of fused-ring (bicyclic) bond motifs is 1. The summed E-state index contributed by atoms with van der Waals surface area (Å²) in [5, 5.41) is 4.91. The van der Waals surface area contributed by atoms with Gasteiger partial charge in [0, 0.05) is 0 Å². The lowest BCUT2D eigenvalue weighted by molar-refractivity contribution is 0.0660. The topological polar surface area (TPSA) is 59.0 Å². The van der Waals surface area contributed by atoms with Gasteiger partial charge in [-0.25, -0.2) is 0 Å². The third-order valence-corrected chi connectivity index (χ3v) is 4.03. The van der Waals surface area contributed by atoms with Gasteiger partial charge in [0.15, 0.2) is 0 Å². The zero-order valence-corrected chi connectivity index (χ0v) is 14.2. The van der Waals surface area contributed by atoms with Gasteiger partial charge < -0.3 is 4.74 Å². The molecule has 0 aromatic heterocycles. The molecule has 0 aliphatic carbocycles. The zero-order valence-electron chi connectivity index (χ0n) is 12.6. The predicted molar refractivity (Wildman–Crippen MR) is 94.4 cm³/mol. The third-order valence-electron chi connectivity index (χ3n) is 3.41. The van der Waals surface area contributed by atoms with Crippen molar-refractivity contribution in [2.24, 2.45) is 5.10 Å². The minimum absolute atomic E-state index is 0.369. The van der Waals surface area contributed by atoms with Gasteiger partial charge in [0.1, 0.15) is 12.4 Å². The van der Waals surface area contributed by atoms with Crippen LogP contribution >= 0.6 is 15.9 Å². The second kappa shape index (κ2) is 6.80. The van der Waals surface area contributed by atoms with Crippen LogP contribution in [0.3, 0.4) is 0 Å². The van der Waals surface area contributed by atoms with Gasteiger partial charge in [-0.05, 0) is 51.8 Å². The molecule has 5 nitrogen and oxygen atoms in total. The van der Waals surface area contributed by atoms with E-state index in [4.69, 9.17) is 4.74 Å². The number of nitrogens with zero attached hydrogens (tertiary/aromatic N) is 2. The summed E-state index contributed by atoms with van der Waals surface area (Å²) in [6, 6.07) is 12.0. The van der Waals surface area contributed by atoms with Crippen molar-refractivity contribution in [1.29, 1.82) is 0 Å². The van der Waals surface area contributed by atoms with E-state index in [9.17, 15) is 9.59 Å². The molecule has 1 heterocycles. The molecule has 6 heteroatoms. The summed E-state index contributed by atoms with van der Waals surface area (Å²) in [6.07, 6.45) is 3.12. The summed E-state index contributed by atoms with van der Waals surface area (Å²) in [4.78, 5) is 24.4. The summed E-state index contributed by atoms with van der Waals surface area (Å²) >= 11 is 3.41. The minimum Gasteiger partial charge on any atom is -0.488 e. The van der Waals surface area contributed by atoms with Crippen LogP contribution in [0.25, 0.3) is 0 Å². The molecule has 0 spiro atoms. The number of halogens is 1. The van der Waals surface area contributed by atoms with Gasteiger partial charge in [-0.3, -0.25) is 9.59 Å². The Hall–Kier alpha value is -2.73. The van der Waals surface area contributed by atoms with E-state index >= 15 is 0 Å². The Kier molecular flexibility index (Phi) is 4.57. The maximum atomic E-state index is 12.2. The van der Waals surface area contributed by atoms with Crippen LogP contribution in [0.15, 0.2) is 64.7 Å². The molecule has 0 N–H and O–H groups in total. The molecule has 0 saturated heterocycles. The number of carbonyl (C=O) groups is 2. The van der Waals surface area contributed by atoms with Gasteiger partial charge in [-0.2, -0.15) is 10.1 Å². The van der Waals surface area contributed by atoms with Crippen molar-refractivity contribution in [3.63, 3.8) is 0 Å². The van der Waals surface area contributed by atoms with E-state index in [1.54, 1.807) is 48.5 Å². The number of rotatable bonds is 5. The number of amides is 2. The van der Waals surface area contributed by atoms with Crippen molar-refractivity contribution >= 4 is 34.0 Å². The number of carbonyl (C=O) groups excluding carboxylic acids is 2. The first-order chi connectivity index (χ1) is 11.6. The molecule has 0 atom stereocenters. The highest BCUT2D eigenvalue weighted by Crippen LogP contribution is 2.26. The molecule has 2 aromatic rings. The van der Waals surface area contributed by atoms with Gasteiger partial charge in [-0.1, -0.05) is 24.8 Å². The van der Waals surface area contributed by atoms with Gasteiger partial charge >= 0.3 is 0 Å². The maximum absolute atomic E-state index is 12.2. The molecule has 1 aliphatic heterocycles. The van der Waals surface area contributed by atoms with Crippen LogP contribution in [-0.4, -0.2) is 29.6 Å². The smallest absolute Gasteiger partial charge is 0.282 e. The normalized spacial score (nSPS) is 13.5. The Morgan fingerprint density at radius 3 is 2.38 bits per heavy atom. The van der Waals surface area contributed by atoms with Gasteiger partial charge in [0.25, 0.3) is 11.8 Å². The first kappa shape index (κ1) is 16.1. The Morgan fingerprint density at radius 2 is 1.79 bits per heavy atom. The average molecular weight is 385 g/mol. The van der Waals surface area contributed by atoms with Crippen LogP contribution in [0.5, 0.6) is 5.75 Å². The standard InChI is InChI=1S/C18H13BrN2O3/c1-2-9-24-16-8-7-12(10-15(16)19)11-20-21-17(22)13-5-3-4-6-14(13)18(21)23/h2-8,10-11H,1,9H2/b20-11-. The number of hydrogen-bond donors (Lipinski definition) is 0. The second-order valence-electron chi connectivity index (χ2n) is 5.00. The molecule has 0 fully saturated rings. The summed E-state index contributed by atoms with van der Waals surface area (Å²) in [5.74, 6) is -0.165. The summed E-state index contributed by atoms with van der Waals surface area (Å²) in [5.41, 5.74) is 1.47. The van der Waals surface area contributed by atoms with Crippen LogP contribution < -0.4 is 4.74 Å². The van der Waals surface area contributed by atoms with Crippen LogP contribution in [0, 0.1) is 0 Å². The number of hydrazone groups is 1. The fourth-order valence-electron chi connectivity index (χ4n) is 2.27. The quantitative estimate of drug-likeness (QED) is 0.449. The Labute approximate surface area is 147 Å². The molecule has 24 heavy (non-hydrogen) atoms. The fraction of sp³-hybridized carbons (Fsp3) is 0.0556. The summed E-state index contributed by atoms with van der Waals surface area (Å²) in [7, 11) is 0. The monoisotopic (exact) mass is 384 g/mol. The lowest BCUT2D eigenvalue weighted by atomic mass is 10.1. The van der Waals surface area contributed by atoms with E-state index in [-0.39, 0.29) is 0 Å². The minimum atomic E-state index is -0.420. The SMILES string of the molecule is C=CCOc1ccc(/C=N\N2C(=O)c3ccccc3C2=O)cc1Br. The first-order valence-corrected chi connectivity index (χ1v) is 7.96. The second-order valence-corrected chi connectivity index (χ2v) is 5.86.